The van der Waals surface area contributed by atoms with Gasteiger partial charge in [-0.2, -0.15) is 0 Å². The SMILES string of the molecule is O=C(O)CCC(=O)O.c1cc2ccc3ccccc3cc-2c1. The maximum absolute atomic E-state index is 9.64. The predicted molar refractivity (Wildman–Crippen MR) is 85.1 cm³/mol. The summed E-state index contributed by atoms with van der Waals surface area (Å²) in [7, 11) is 0. The second-order valence-electron chi connectivity index (χ2n) is 4.83. The van der Waals surface area contributed by atoms with Gasteiger partial charge >= 0.3 is 11.9 Å². The number of fused-ring (bicyclic) bond motifs is 2. The van der Waals surface area contributed by atoms with Crippen LogP contribution in [0.15, 0.2) is 60.7 Å². The second kappa shape index (κ2) is 7.22. The predicted octanol–water partition coefficient (Wildman–Crippen LogP) is 3.88. The zero-order valence-corrected chi connectivity index (χ0v) is 11.9. The maximum Gasteiger partial charge on any atom is 0.303 e. The van der Waals surface area contributed by atoms with Crippen molar-refractivity contribution in [3.8, 4) is 11.1 Å². The third-order valence-electron chi connectivity index (χ3n) is 3.19. The molecule has 0 radical (unpaired) electrons. The van der Waals surface area contributed by atoms with Crippen LogP contribution in [0.3, 0.4) is 0 Å². The third kappa shape index (κ3) is 4.31. The Bertz CT molecular complexity index is 750. The first-order valence-electron chi connectivity index (χ1n) is 6.87. The van der Waals surface area contributed by atoms with Gasteiger partial charge in [-0.3, -0.25) is 9.59 Å². The highest BCUT2D eigenvalue weighted by Gasteiger charge is 2.00. The lowest BCUT2D eigenvalue weighted by Gasteiger charge is -1.90. The number of carbonyl (C=O) groups is 2. The van der Waals surface area contributed by atoms with E-state index in [9.17, 15) is 9.59 Å². The van der Waals surface area contributed by atoms with Crippen molar-refractivity contribution in [3.05, 3.63) is 60.7 Å². The van der Waals surface area contributed by atoms with Crippen molar-refractivity contribution in [2.24, 2.45) is 0 Å². The van der Waals surface area contributed by atoms with E-state index in [0.29, 0.717) is 0 Å². The quantitative estimate of drug-likeness (QED) is 0.769. The van der Waals surface area contributed by atoms with Gasteiger partial charge in [-0.15, -0.1) is 0 Å². The van der Waals surface area contributed by atoms with E-state index in [1.165, 1.54) is 21.9 Å². The Labute approximate surface area is 128 Å². The molecule has 0 aliphatic heterocycles. The highest BCUT2D eigenvalue weighted by Crippen LogP contribution is 2.25. The van der Waals surface area contributed by atoms with Crippen LogP contribution in [0.25, 0.3) is 21.9 Å². The molecule has 112 valence electrons. The van der Waals surface area contributed by atoms with Crippen LogP contribution >= 0.6 is 0 Å². The van der Waals surface area contributed by atoms with Crippen LogP contribution in [0.5, 0.6) is 0 Å². The van der Waals surface area contributed by atoms with Gasteiger partial charge in [0.25, 0.3) is 0 Å². The molecule has 3 rings (SSSR count). The topological polar surface area (TPSA) is 74.6 Å². The Morgan fingerprint density at radius 2 is 1.27 bits per heavy atom. The molecule has 0 unspecified atom stereocenters. The summed E-state index contributed by atoms with van der Waals surface area (Å²) in [5, 5.41) is 18.4. The van der Waals surface area contributed by atoms with Gasteiger partial charge in [-0.25, -0.2) is 0 Å². The fourth-order valence-corrected chi connectivity index (χ4v) is 2.09. The van der Waals surface area contributed by atoms with E-state index in [4.69, 9.17) is 10.2 Å². The third-order valence-corrected chi connectivity index (χ3v) is 3.19. The molecule has 1 aromatic rings. The molecule has 4 heteroatoms. The van der Waals surface area contributed by atoms with Crippen LogP contribution in [0, 0.1) is 0 Å². The number of aliphatic carboxylic acids is 2. The number of carboxylic acids is 2. The maximum atomic E-state index is 9.64. The van der Waals surface area contributed by atoms with Crippen molar-refractivity contribution >= 4 is 22.7 Å². The zero-order valence-electron chi connectivity index (χ0n) is 11.9. The Balaban J connectivity index is 0.000000192. The van der Waals surface area contributed by atoms with Crippen molar-refractivity contribution in [1.29, 1.82) is 0 Å². The van der Waals surface area contributed by atoms with Crippen LogP contribution in [0.2, 0.25) is 0 Å². The summed E-state index contributed by atoms with van der Waals surface area (Å²) in [6.07, 6.45) is -0.593. The van der Waals surface area contributed by atoms with Crippen LogP contribution in [-0.4, -0.2) is 22.2 Å². The van der Waals surface area contributed by atoms with E-state index in [1.54, 1.807) is 0 Å². The molecule has 0 spiro atoms. The number of hydrogen-bond donors (Lipinski definition) is 2. The van der Waals surface area contributed by atoms with E-state index in [0.717, 1.165) is 0 Å². The Kier molecular flexibility index (Phi) is 5.09. The standard InChI is InChI=1S/C14H10.C4H6O4/c1-2-5-13-10-14-7-3-6-12(14)9-8-11(13)4-1;5-3(6)1-2-4(7)8/h1-10H;1-2H2,(H,5,6)(H,7,8). The Hall–Kier alpha value is -2.88. The summed E-state index contributed by atoms with van der Waals surface area (Å²) in [6.45, 7) is 0. The molecule has 22 heavy (non-hydrogen) atoms. The molecule has 2 aliphatic rings. The molecule has 0 fully saturated rings. The summed E-state index contributed by atoms with van der Waals surface area (Å²) in [5.41, 5.74) is 2.62. The fourth-order valence-electron chi connectivity index (χ4n) is 2.09. The van der Waals surface area contributed by atoms with Gasteiger partial charge in [-0.05, 0) is 28.0 Å². The molecule has 0 heterocycles. The van der Waals surface area contributed by atoms with E-state index in [-0.39, 0.29) is 12.8 Å². The number of carboxylic acid groups (broad SMARTS) is 2. The van der Waals surface area contributed by atoms with Crippen molar-refractivity contribution in [2.75, 3.05) is 0 Å². The highest BCUT2D eigenvalue weighted by atomic mass is 16.4. The van der Waals surface area contributed by atoms with Crippen LogP contribution in [-0.2, 0) is 9.59 Å². The van der Waals surface area contributed by atoms with Gasteiger partial charge in [0.2, 0.25) is 0 Å². The largest absolute Gasteiger partial charge is 0.481 e. The number of benzene rings is 1. The first-order chi connectivity index (χ1) is 10.6. The summed E-state index contributed by atoms with van der Waals surface area (Å²) < 4.78 is 0. The van der Waals surface area contributed by atoms with Crippen molar-refractivity contribution in [1.82, 2.24) is 0 Å². The number of hydrogen-bond acceptors (Lipinski definition) is 2. The summed E-state index contributed by atoms with van der Waals surface area (Å²) in [6, 6.07) is 21.5. The van der Waals surface area contributed by atoms with Crippen molar-refractivity contribution in [2.45, 2.75) is 12.8 Å². The van der Waals surface area contributed by atoms with Gasteiger partial charge in [0.05, 0.1) is 12.8 Å². The molecular formula is C18H16O4. The van der Waals surface area contributed by atoms with E-state index in [1.807, 2.05) is 0 Å². The average Bonchev–Trinajstić information content (AvgIpc) is 2.85. The van der Waals surface area contributed by atoms with E-state index < -0.39 is 11.9 Å². The lowest BCUT2D eigenvalue weighted by molar-refractivity contribution is -0.143. The fraction of sp³-hybridized carbons (Fsp3) is 0.111. The molecule has 0 saturated heterocycles. The minimum absolute atomic E-state index is 0.296. The van der Waals surface area contributed by atoms with Crippen molar-refractivity contribution < 1.29 is 19.8 Å². The molecule has 2 aliphatic carbocycles. The summed E-state index contributed by atoms with van der Waals surface area (Å²) in [5.74, 6) is -2.15. The minimum atomic E-state index is -1.08. The van der Waals surface area contributed by atoms with Crippen molar-refractivity contribution in [3.63, 3.8) is 0 Å². The molecule has 0 atom stereocenters. The van der Waals surface area contributed by atoms with Crippen LogP contribution < -0.4 is 0 Å². The van der Waals surface area contributed by atoms with Gasteiger partial charge in [0, 0.05) is 0 Å². The second-order valence-corrected chi connectivity index (χ2v) is 4.83. The smallest absolute Gasteiger partial charge is 0.303 e. The highest BCUT2D eigenvalue weighted by molar-refractivity contribution is 5.87. The molecule has 1 aromatic carbocycles. The summed E-state index contributed by atoms with van der Waals surface area (Å²) in [4.78, 5) is 19.3. The molecule has 0 aromatic heterocycles. The Morgan fingerprint density at radius 3 is 1.91 bits per heavy atom. The molecule has 2 N–H and O–H groups in total. The lowest BCUT2D eigenvalue weighted by atomic mass is 10.1. The van der Waals surface area contributed by atoms with E-state index in [2.05, 4.69) is 60.7 Å². The van der Waals surface area contributed by atoms with Crippen LogP contribution in [0.1, 0.15) is 12.8 Å². The molecule has 4 nitrogen and oxygen atoms in total. The van der Waals surface area contributed by atoms with Crippen LogP contribution in [0.4, 0.5) is 0 Å². The van der Waals surface area contributed by atoms with Gasteiger partial charge in [-0.1, -0.05) is 54.6 Å². The first kappa shape index (κ1) is 15.5. The zero-order chi connectivity index (χ0) is 15.9. The van der Waals surface area contributed by atoms with E-state index >= 15 is 0 Å². The van der Waals surface area contributed by atoms with Gasteiger partial charge in [0.1, 0.15) is 0 Å². The number of rotatable bonds is 3. The average molecular weight is 296 g/mol. The lowest BCUT2D eigenvalue weighted by Crippen LogP contribution is -2.00. The summed E-state index contributed by atoms with van der Waals surface area (Å²) >= 11 is 0. The molecular weight excluding hydrogens is 280 g/mol. The minimum Gasteiger partial charge on any atom is -0.481 e. The normalized spacial score (nSPS) is 10.0. The molecule has 0 amide bonds. The molecule has 0 saturated carbocycles. The molecule has 0 bridgehead atoms. The Morgan fingerprint density at radius 1 is 0.682 bits per heavy atom. The first-order valence-corrected chi connectivity index (χ1v) is 6.87. The van der Waals surface area contributed by atoms with Gasteiger partial charge < -0.3 is 10.2 Å². The monoisotopic (exact) mass is 296 g/mol. The van der Waals surface area contributed by atoms with Gasteiger partial charge in [0.15, 0.2) is 0 Å².